The third kappa shape index (κ3) is 2.44. The lowest BCUT2D eigenvalue weighted by atomic mass is 9.89. The van der Waals surface area contributed by atoms with Gasteiger partial charge in [-0.2, -0.15) is 0 Å². The Morgan fingerprint density at radius 3 is 2.65 bits per heavy atom. The van der Waals surface area contributed by atoms with Crippen LogP contribution in [0.1, 0.15) is 30.5 Å². The molecule has 0 aliphatic carbocycles. The molecule has 1 N–H and O–H groups in total. The number of benzene rings is 2. The summed E-state index contributed by atoms with van der Waals surface area (Å²) >= 11 is 0. The summed E-state index contributed by atoms with van der Waals surface area (Å²) in [5.74, 6) is 1.98. The Kier molecular flexibility index (Phi) is 3.72. The number of fused-ring (bicyclic) bond motifs is 4. The van der Waals surface area contributed by atoms with Crippen molar-refractivity contribution in [3.05, 3.63) is 47.5 Å². The maximum absolute atomic E-state index is 12.9. The summed E-state index contributed by atoms with van der Waals surface area (Å²) in [4.78, 5) is 14.6. The van der Waals surface area contributed by atoms with E-state index in [1.165, 1.54) is 0 Å². The van der Waals surface area contributed by atoms with Gasteiger partial charge in [0.05, 0.1) is 25.9 Å². The largest absolute Gasteiger partial charge is 0.493 e. The molecule has 136 valence electrons. The molecule has 0 radical (unpaired) electrons. The van der Waals surface area contributed by atoms with Gasteiger partial charge < -0.3 is 19.5 Å². The Morgan fingerprint density at radius 2 is 1.92 bits per heavy atom. The second-order valence-corrected chi connectivity index (χ2v) is 6.90. The SMILES string of the molecule is COc1ccc(N2C(=O)N[C@@H]3C[C@@]2(C)Oc2ccc(C)cc23)cc1OC. The molecular formula is C20H22N2O4. The van der Waals surface area contributed by atoms with Gasteiger partial charge in [0.25, 0.3) is 0 Å². The van der Waals surface area contributed by atoms with E-state index >= 15 is 0 Å². The summed E-state index contributed by atoms with van der Waals surface area (Å²) < 4.78 is 17.0. The quantitative estimate of drug-likeness (QED) is 0.911. The molecule has 0 spiro atoms. The lowest BCUT2D eigenvalue weighted by molar-refractivity contribution is 0.0378. The van der Waals surface area contributed by atoms with Crippen LogP contribution in [0.2, 0.25) is 0 Å². The highest BCUT2D eigenvalue weighted by atomic mass is 16.5. The van der Waals surface area contributed by atoms with Crippen LogP contribution < -0.4 is 24.4 Å². The number of nitrogens with zero attached hydrogens (tertiary/aromatic N) is 1. The molecule has 0 unspecified atom stereocenters. The lowest BCUT2D eigenvalue weighted by Gasteiger charge is -2.50. The highest BCUT2D eigenvalue weighted by molar-refractivity contribution is 5.95. The molecule has 2 aliphatic rings. The molecule has 2 aromatic rings. The van der Waals surface area contributed by atoms with Crippen LogP contribution in [0.15, 0.2) is 36.4 Å². The van der Waals surface area contributed by atoms with E-state index in [4.69, 9.17) is 14.2 Å². The molecule has 4 rings (SSSR count). The van der Waals surface area contributed by atoms with Gasteiger partial charge in [0.15, 0.2) is 17.2 Å². The third-order valence-corrected chi connectivity index (χ3v) is 5.05. The number of hydrogen-bond acceptors (Lipinski definition) is 4. The van der Waals surface area contributed by atoms with Gasteiger partial charge in [-0.1, -0.05) is 17.7 Å². The van der Waals surface area contributed by atoms with Crippen molar-refractivity contribution in [2.45, 2.75) is 32.0 Å². The van der Waals surface area contributed by atoms with Gasteiger partial charge in [0.2, 0.25) is 0 Å². The number of nitrogens with one attached hydrogen (secondary N) is 1. The topological polar surface area (TPSA) is 60.0 Å². The highest BCUT2D eigenvalue weighted by Crippen LogP contribution is 2.46. The smallest absolute Gasteiger partial charge is 0.325 e. The van der Waals surface area contributed by atoms with Gasteiger partial charge in [0.1, 0.15) is 5.75 Å². The van der Waals surface area contributed by atoms with Crippen LogP contribution in [0.5, 0.6) is 17.2 Å². The molecule has 6 nitrogen and oxygen atoms in total. The van der Waals surface area contributed by atoms with Crippen molar-refractivity contribution in [2.24, 2.45) is 0 Å². The van der Waals surface area contributed by atoms with Gasteiger partial charge in [-0.15, -0.1) is 0 Å². The fourth-order valence-electron chi connectivity index (χ4n) is 3.85. The molecule has 2 amide bonds. The summed E-state index contributed by atoms with van der Waals surface area (Å²) in [7, 11) is 3.16. The third-order valence-electron chi connectivity index (χ3n) is 5.05. The van der Waals surface area contributed by atoms with Crippen molar-refractivity contribution in [1.82, 2.24) is 5.32 Å². The Labute approximate surface area is 152 Å². The van der Waals surface area contributed by atoms with Crippen LogP contribution in [0.4, 0.5) is 10.5 Å². The van der Waals surface area contributed by atoms with Gasteiger partial charge >= 0.3 is 6.03 Å². The number of rotatable bonds is 3. The first-order valence-corrected chi connectivity index (χ1v) is 8.57. The van der Waals surface area contributed by atoms with E-state index in [0.717, 1.165) is 16.9 Å². The number of carbonyl (C=O) groups is 1. The van der Waals surface area contributed by atoms with Gasteiger partial charge in [-0.3, -0.25) is 4.90 Å². The van der Waals surface area contributed by atoms with Crippen LogP contribution >= 0.6 is 0 Å². The summed E-state index contributed by atoms with van der Waals surface area (Å²) in [6.07, 6.45) is 0.656. The molecule has 2 atom stereocenters. The molecule has 1 fully saturated rings. The van der Waals surface area contributed by atoms with Crippen LogP contribution in [0.25, 0.3) is 0 Å². The van der Waals surface area contributed by atoms with Crippen molar-refractivity contribution < 1.29 is 19.0 Å². The second kappa shape index (κ2) is 5.83. The number of carbonyl (C=O) groups excluding carboxylic acids is 1. The van der Waals surface area contributed by atoms with Crippen molar-refractivity contribution in [3.63, 3.8) is 0 Å². The fraction of sp³-hybridized carbons (Fsp3) is 0.350. The summed E-state index contributed by atoms with van der Waals surface area (Å²) in [5, 5.41) is 3.11. The molecule has 0 saturated carbocycles. The molecule has 2 aliphatic heterocycles. The van der Waals surface area contributed by atoms with Crippen LogP contribution in [-0.2, 0) is 0 Å². The Hall–Kier alpha value is -2.89. The maximum Gasteiger partial charge on any atom is 0.325 e. The number of aryl methyl sites for hydroxylation is 1. The first-order valence-electron chi connectivity index (χ1n) is 8.57. The predicted molar refractivity (Wildman–Crippen MR) is 98.1 cm³/mol. The number of amides is 2. The van der Waals surface area contributed by atoms with Crippen molar-refractivity contribution in [1.29, 1.82) is 0 Å². The predicted octanol–water partition coefficient (Wildman–Crippen LogP) is 3.78. The number of hydrogen-bond donors (Lipinski definition) is 1. The molecular weight excluding hydrogens is 332 g/mol. The molecule has 0 aromatic heterocycles. The first-order chi connectivity index (χ1) is 12.4. The molecule has 2 bridgehead atoms. The number of urea groups is 1. The van der Waals surface area contributed by atoms with Crippen molar-refractivity contribution in [3.8, 4) is 17.2 Å². The van der Waals surface area contributed by atoms with E-state index in [2.05, 4.69) is 11.4 Å². The molecule has 6 heteroatoms. The van der Waals surface area contributed by atoms with Gasteiger partial charge in [-0.25, -0.2) is 4.79 Å². The summed E-state index contributed by atoms with van der Waals surface area (Å²) in [5.41, 5.74) is 2.08. The maximum atomic E-state index is 12.9. The Bertz CT molecular complexity index is 882. The Balaban J connectivity index is 1.77. The standard InChI is InChI=1S/C20H22N2O4/c1-12-5-7-16-14(9-12)15-11-20(2,26-16)22(19(23)21-15)13-6-8-17(24-3)18(10-13)25-4/h5-10,15H,11H2,1-4H3,(H,21,23)/t15-,20-/m1/s1. The monoisotopic (exact) mass is 354 g/mol. The average molecular weight is 354 g/mol. The number of methoxy groups -OCH3 is 2. The molecule has 26 heavy (non-hydrogen) atoms. The van der Waals surface area contributed by atoms with E-state index in [9.17, 15) is 4.79 Å². The van der Waals surface area contributed by atoms with E-state index in [1.54, 1.807) is 31.3 Å². The van der Waals surface area contributed by atoms with Gasteiger partial charge in [-0.05, 0) is 32.0 Å². The average Bonchev–Trinajstić information content (AvgIpc) is 2.61. The van der Waals surface area contributed by atoms with Gasteiger partial charge in [0, 0.05) is 18.1 Å². The molecule has 1 saturated heterocycles. The normalized spacial score (nSPS) is 23.6. The van der Waals surface area contributed by atoms with Crippen molar-refractivity contribution in [2.75, 3.05) is 19.1 Å². The van der Waals surface area contributed by atoms with E-state index in [-0.39, 0.29) is 12.1 Å². The van der Waals surface area contributed by atoms with Crippen LogP contribution in [-0.4, -0.2) is 26.0 Å². The first kappa shape index (κ1) is 16.6. The minimum absolute atomic E-state index is 0.0625. The molecule has 2 heterocycles. The van der Waals surface area contributed by atoms with Crippen LogP contribution in [0.3, 0.4) is 0 Å². The summed E-state index contributed by atoms with van der Waals surface area (Å²) in [6.45, 7) is 3.98. The fourth-order valence-corrected chi connectivity index (χ4v) is 3.85. The Morgan fingerprint density at radius 1 is 1.15 bits per heavy atom. The van der Waals surface area contributed by atoms with E-state index in [0.29, 0.717) is 23.6 Å². The minimum Gasteiger partial charge on any atom is -0.493 e. The minimum atomic E-state index is -0.783. The second-order valence-electron chi connectivity index (χ2n) is 6.90. The van der Waals surface area contributed by atoms with E-state index in [1.807, 2.05) is 32.0 Å². The zero-order chi connectivity index (χ0) is 18.5. The summed E-state index contributed by atoms with van der Waals surface area (Å²) in [6, 6.07) is 11.2. The zero-order valence-corrected chi connectivity index (χ0v) is 15.3. The zero-order valence-electron chi connectivity index (χ0n) is 15.3. The highest BCUT2D eigenvalue weighted by Gasteiger charge is 2.50. The number of anilines is 1. The van der Waals surface area contributed by atoms with Crippen molar-refractivity contribution >= 4 is 11.7 Å². The molecule has 2 aromatic carbocycles. The lowest BCUT2D eigenvalue weighted by Crippen LogP contribution is -2.65. The number of ether oxygens (including phenoxy) is 3. The van der Waals surface area contributed by atoms with Crippen LogP contribution in [0, 0.1) is 6.92 Å². The van der Waals surface area contributed by atoms with E-state index < -0.39 is 5.72 Å².